The number of carbonyl (C=O) groups is 2. The molecule has 0 aromatic heterocycles. The summed E-state index contributed by atoms with van der Waals surface area (Å²) in [6, 6.07) is 17.6. The first-order chi connectivity index (χ1) is 15.6. The molecule has 2 amide bonds. The first kappa shape index (κ1) is 22.4. The van der Waals surface area contributed by atoms with Gasteiger partial charge in [-0.3, -0.25) is 9.59 Å². The molecule has 0 radical (unpaired) electrons. The smallest absolute Gasteiger partial charge is 0.251 e. The SMILES string of the molecule is C[C@H]1O[C@@H](CC2OCC(NC(=O)c3ccccc3)CO2)OC[C@H]1NC(=O)c1ccccc1. The molecule has 0 spiro atoms. The molecule has 2 aliphatic heterocycles. The molecule has 32 heavy (non-hydrogen) atoms. The molecule has 3 atom stereocenters. The Balaban J connectivity index is 1.18. The van der Waals surface area contributed by atoms with E-state index in [1.807, 2.05) is 43.3 Å². The van der Waals surface area contributed by atoms with Crippen molar-refractivity contribution in [1.29, 1.82) is 0 Å². The van der Waals surface area contributed by atoms with Crippen LogP contribution in [0.15, 0.2) is 60.7 Å². The van der Waals surface area contributed by atoms with Crippen LogP contribution in [-0.2, 0) is 18.9 Å². The van der Waals surface area contributed by atoms with Gasteiger partial charge in [0, 0.05) is 17.5 Å². The molecule has 4 rings (SSSR count). The molecule has 2 aliphatic rings. The second-order valence-electron chi connectivity index (χ2n) is 7.92. The highest BCUT2D eigenvalue weighted by Gasteiger charge is 2.33. The third-order valence-corrected chi connectivity index (χ3v) is 5.47. The molecule has 8 heteroatoms. The standard InChI is InChI=1S/C24H28N2O6/c1-16-20(26-24(28)18-10-6-3-7-11-18)15-31-22(32-16)12-21-29-13-19(14-30-21)25-23(27)17-8-4-2-5-9-17/h2-11,16,19-22H,12-15H2,1H3,(H,25,27)(H,26,28)/t16-,19?,20-,21?,22+/m1/s1. The fraction of sp³-hybridized carbons (Fsp3) is 0.417. The molecule has 0 saturated carbocycles. The maximum Gasteiger partial charge on any atom is 0.251 e. The number of nitrogens with one attached hydrogen (secondary N) is 2. The summed E-state index contributed by atoms with van der Waals surface area (Å²) in [7, 11) is 0. The van der Waals surface area contributed by atoms with Crippen LogP contribution in [0.2, 0.25) is 0 Å². The number of ether oxygens (including phenoxy) is 4. The van der Waals surface area contributed by atoms with E-state index in [1.165, 1.54) is 0 Å². The zero-order valence-corrected chi connectivity index (χ0v) is 17.9. The first-order valence-corrected chi connectivity index (χ1v) is 10.8. The van der Waals surface area contributed by atoms with Crippen LogP contribution in [0.3, 0.4) is 0 Å². The second-order valence-corrected chi connectivity index (χ2v) is 7.92. The van der Waals surface area contributed by atoms with Crippen LogP contribution in [0.4, 0.5) is 0 Å². The van der Waals surface area contributed by atoms with Crippen molar-refractivity contribution in [2.24, 2.45) is 0 Å². The normalized spacial score (nSPS) is 28.0. The largest absolute Gasteiger partial charge is 0.350 e. The van der Waals surface area contributed by atoms with Gasteiger partial charge in [-0.1, -0.05) is 36.4 Å². The van der Waals surface area contributed by atoms with Crippen molar-refractivity contribution in [2.75, 3.05) is 19.8 Å². The van der Waals surface area contributed by atoms with E-state index in [9.17, 15) is 9.59 Å². The summed E-state index contributed by atoms with van der Waals surface area (Å²) in [6.45, 7) is 2.94. The molecule has 8 nitrogen and oxygen atoms in total. The van der Waals surface area contributed by atoms with Crippen LogP contribution in [0.5, 0.6) is 0 Å². The fourth-order valence-electron chi connectivity index (χ4n) is 3.62. The van der Waals surface area contributed by atoms with Gasteiger partial charge in [-0.05, 0) is 31.2 Å². The van der Waals surface area contributed by atoms with Crippen molar-refractivity contribution in [3.05, 3.63) is 71.8 Å². The lowest BCUT2D eigenvalue weighted by atomic mass is 10.1. The number of hydrogen-bond acceptors (Lipinski definition) is 6. The number of carbonyl (C=O) groups excluding carboxylic acids is 2. The van der Waals surface area contributed by atoms with Gasteiger partial charge in [-0.25, -0.2) is 0 Å². The number of benzene rings is 2. The second kappa shape index (κ2) is 10.7. The highest BCUT2D eigenvalue weighted by Crippen LogP contribution is 2.20. The zero-order valence-electron chi connectivity index (χ0n) is 17.9. The average Bonchev–Trinajstić information content (AvgIpc) is 2.83. The van der Waals surface area contributed by atoms with Gasteiger partial charge in [0.2, 0.25) is 0 Å². The average molecular weight is 440 g/mol. The van der Waals surface area contributed by atoms with Gasteiger partial charge in [-0.2, -0.15) is 0 Å². The van der Waals surface area contributed by atoms with Crippen LogP contribution < -0.4 is 10.6 Å². The Kier molecular flexibility index (Phi) is 7.49. The summed E-state index contributed by atoms with van der Waals surface area (Å²) in [5.74, 6) is -0.312. The summed E-state index contributed by atoms with van der Waals surface area (Å²) in [4.78, 5) is 24.6. The molecular weight excluding hydrogens is 412 g/mol. The van der Waals surface area contributed by atoms with Crippen LogP contribution in [0, 0.1) is 0 Å². The van der Waals surface area contributed by atoms with Gasteiger partial charge in [0.15, 0.2) is 12.6 Å². The Morgan fingerprint density at radius 1 is 0.781 bits per heavy atom. The minimum Gasteiger partial charge on any atom is -0.350 e. The lowest BCUT2D eigenvalue weighted by molar-refractivity contribution is -0.266. The first-order valence-electron chi connectivity index (χ1n) is 10.8. The van der Waals surface area contributed by atoms with Crippen LogP contribution in [0.25, 0.3) is 0 Å². The minimum absolute atomic E-state index is 0.155. The Bertz CT molecular complexity index is 886. The van der Waals surface area contributed by atoms with Gasteiger partial charge in [0.25, 0.3) is 11.8 Å². The maximum absolute atomic E-state index is 12.4. The van der Waals surface area contributed by atoms with E-state index < -0.39 is 12.6 Å². The van der Waals surface area contributed by atoms with Crippen molar-refractivity contribution in [3.8, 4) is 0 Å². The Hall–Kier alpha value is -2.78. The molecule has 170 valence electrons. The van der Waals surface area contributed by atoms with Crippen LogP contribution in [0.1, 0.15) is 34.1 Å². The molecule has 2 heterocycles. The molecule has 2 aromatic carbocycles. The molecular formula is C24H28N2O6. The van der Waals surface area contributed by atoms with Crippen molar-refractivity contribution >= 4 is 11.8 Å². The van der Waals surface area contributed by atoms with E-state index in [0.717, 1.165) is 0 Å². The van der Waals surface area contributed by atoms with E-state index in [-0.39, 0.29) is 30.0 Å². The predicted molar refractivity (Wildman–Crippen MR) is 116 cm³/mol. The van der Waals surface area contributed by atoms with Gasteiger partial charge in [0.05, 0.1) is 38.0 Å². The predicted octanol–water partition coefficient (Wildman–Crippen LogP) is 2.11. The third kappa shape index (κ3) is 5.92. The molecule has 2 saturated heterocycles. The van der Waals surface area contributed by atoms with E-state index >= 15 is 0 Å². The van der Waals surface area contributed by atoms with Crippen molar-refractivity contribution in [1.82, 2.24) is 10.6 Å². The summed E-state index contributed by atoms with van der Waals surface area (Å²) in [5, 5.41) is 5.87. The molecule has 2 aromatic rings. The number of amides is 2. The highest BCUT2D eigenvalue weighted by molar-refractivity contribution is 5.94. The minimum atomic E-state index is -0.490. The fourth-order valence-corrected chi connectivity index (χ4v) is 3.62. The molecule has 2 N–H and O–H groups in total. The van der Waals surface area contributed by atoms with E-state index in [1.54, 1.807) is 24.3 Å². The van der Waals surface area contributed by atoms with Crippen LogP contribution >= 0.6 is 0 Å². The lowest BCUT2D eigenvalue weighted by Crippen LogP contribution is -2.53. The van der Waals surface area contributed by atoms with Gasteiger partial charge in [0.1, 0.15) is 0 Å². The van der Waals surface area contributed by atoms with Gasteiger partial charge in [-0.15, -0.1) is 0 Å². The van der Waals surface area contributed by atoms with Crippen molar-refractivity contribution in [3.63, 3.8) is 0 Å². The quantitative estimate of drug-likeness (QED) is 0.715. The summed E-state index contributed by atoms with van der Waals surface area (Å²) >= 11 is 0. The topological polar surface area (TPSA) is 95.1 Å². The van der Waals surface area contributed by atoms with Crippen LogP contribution in [-0.4, -0.2) is 62.4 Å². The van der Waals surface area contributed by atoms with E-state index in [2.05, 4.69) is 10.6 Å². The maximum atomic E-state index is 12.4. The highest BCUT2D eigenvalue weighted by atomic mass is 16.7. The molecule has 0 unspecified atom stereocenters. The van der Waals surface area contributed by atoms with Gasteiger partial charge < -0.3 is 29.6 Å². The lowest BCUT2D eigenvalue weighted by Gasteiger charge is -2.37. The summed E-state index contributed by atoms with van der Waals surface area (Å²) in [6.07, 6.45) is -0.783. The van der Waals surface area contributed by atoms with Crippen molar-refractivity contribution in [2.45, 2.75) is 44.1 Å². The summed E-state index contributed by atoms with van der Waals surface area (Å²) in [5.41, 5.74) is 1.20. The zero-order chi connectivity index (χ0) is 22.3. The molecule has 0 aliphatic carbocycles. The monoisotopic (exact) mass is 440 g/mol. The van der Waals surface area contributed by atoms with Crippen molar-refractivity contribution < 1.29 is 28.5 Å². The van der Waals surface area contributed by atoms with E-state index in [0.29, 0.717) is 37.4 Å². The third-order valence-electron chi connectivity index (χ3n) is 5.47. The van der Waals surface area contributed by atoms with Gasteiger partial charge >= 0.3 is 0 Å². The summed E-state index contributed by atoms with van der Waals surface area (Å²) < 4.78 is 23.2. The Morgan fingerprint density at radius 2 is 1.31 bits per heavy atom. The Labute approximate surface area is 187 Å². The molecule has 2 fully saturated rings. The van der Waals surface area contributed by atoms with E-state index in [4.69, 9.17) is 18.9 Å². The Morgan fingerprint density at radius 3 is 1.88 bits per heavy atom. The number of rotatable bonds is 6. The number of hydrogen-bond donors (Lipinski definition) is 2. The molecule has 0 bridgehead atoms.